The Kier molecular flexibility index (Phi) is 6.07. The molecule has 0 aromatic heterocycles. The summed E-state index contributed by atoms with van der Waals surface area (Å²) in [4.78, 5) is 0. The maximum Gasteiger partial charge on any atom is 0.208 e. The van der Waals surface area contributed by atoms with Gasteiger partial charge < -0.3 is 10.1 Å². The third-order valence-electron chi connectivity index (χ3n) is 12.0. The van der Waals surface area contributed by atoms with Crippen molar-refractivity contribution in [3.05, 3.63) is 11.1 Å². The molecule has 2 heterocycles. The Morgan fingerprint density at radius 1 is 1.09 bits per heavy atom. The van der Waals surface area contributed by atoms with Crippen LogP contribution in [0.5, 0.6) is 0 Å². The molecule has 6 heteroatoms. The van der Waals surface area contributed by atoms with Gasteiger partial charge in [-0.05, 0) is 113 Å². The van der Waals surface area contributed by atoms with Crippen molar-refractivity contribution in [2.24, 2.45) is 40.9 Å². The number of hydrogen-bond donors (Lipinski definition) is 2. The molecule has 5 fully saturated rings. The lowest BCUT2D eigenvalue weighted by Crippen LogP contribution is -2.50. The molecule has 6 rings (SSSR count). The van der Waals surface area contributed by atoms with Gasteiger partial charge in [0.25, 0.3) is 0 Å². The van der Waals surface area contributed by atoms with Crippen LogP contribution in [0.15, 0.2) is 11.1 Å². The van der Waals surface area contributed by atoms with E-state index in [-0.39, 0.29) is 11.6 Å². The van der Waals surface area contributed by atoms with Gasteiger partial charge in [0.2, 0.25) is 10.0 Å². The molecule has 0 radical (unpaired) electrons. The zero-order valence-corrected chi connectivity index (χ0v) is 23.4. The second-order valence-corrected chi connectivity index (χ2v) is 15.8. The number of fused-ring (bicyclic) bond motifs is 6. The molecule has 4 aliphatic carbocycles. The van der Waals surface area contributed by atoms with E-state index in [0.717, 1.165) is 43.6 Å². The van der Waals surface area contributed by atoms with Crippen molar-refractivity contribution in [3.63, 3.8) is 0 Å². The minimum atomic E-state index is -3.13. The molecule has 0 amide bonds. The fraction of sp³-hybridized carbons (Fsp3) is 0.931. The molecule has 2 N–H and O–H groups in total. The Morgan fingerprint density at radius 2 is 1.89 bits per heavy atom. The average molecular weight is 505 g/mol. The fourth-order valence-corrected chi connectivity index (χ4v) is 11.1. The molecule has 6 aliphatic rings. The lowest BCUT2D eigenvalue weighted by molar-refractivity contribution is -0.0746. The van der Waals surface area contributed by atoms with Crippen molar-refractivity contribution in [2.45, 2.75) is 116 Å². The smallest absolute Gasteiger partial charge is 0.208 e. The summed E-state index contributed by atoms with van der Waals surface area (Å²) in [6.45, 7) is 11.0. The molecule has 0 aromatic carbocycles. The lowest BCUT2D eigenvalue weighted by Gasteiger charge is -2.54. The first-order valence-electron chi connectivity index (χ1n) is 14.6. The van der Waals surface area contributed by atoms with Crippen molar-refractivity contribution in [3.8, 4) is 0 Å². The maximum absolute atomic E-state index is 11.9. The van der Waals surface area contributed by atoms with E-state index in [1.165, 1.54) is 51.2 Å². The van der Waals surface area contributed by atoms with Gasteiger partial charge in [-0.1, -0.05) is 31.9 Å². The van der Waals surface area contributed by atoms with Gasteiger partial charge in [0, 0.05) is 18.0 Å². The third kappa shape index (κ3) is 4.08. The highest BCUT2D eigenvalue weighted by atomic mass is 32.2. The molecule has 5 nitrogen and oxygen atoms in total. The number of ether oxygens (including phenoxy) is 1. The zero-order valence-electron chi connectivity index (χ0n) is 22.6. The Labute approximate surface area is 213 Å². The van der Waals surface area contributed by atoms with E-state index in [0.29, 0.717) is 35.3 Å². The molecular formula is C29H48N2O3S. The highest BCUT2D eigenvalue weighted by Gasteiger charge is 2.59. The van der Waals surface area contributed by atoms with Crippen LogP contribution in [0.25, 0.3) is 0 Å². The Morgan fingerprint density at radius 3 is 2.66 bits per heavy atom. The standard InChI is InChI=1S/C29H48N2O3S/c1-17-12-26-27(30-16-17)19(3)29(34-26)11-9-22-23-7-6-20-13-21(31-35(5,32)33)8-10-28(20,4)25(23)14-24(22)18(2)15-29/h17,19-23,25-27,30-31H,6-16H2,1-5H3/t17-,19+,20+,21?,22-,23-,25-,26+,27-,28-,29-/m0/s1. The van der Waals surface area contributed by atoms with Crippen LogP contribution in [0, 0.1) is 40.9 Å². The number of piperidine rings is 1. The first-order valence-corrected chi connectivity index (χ1v) is 16.5. The summed E-state index contributed by atoms with van der Waals surface area (Å²) in [5.74, 6) is 4.28. The van der Waals surface area contributed by atoms with Crippen LogP contribution in [0.1, 0.15) is 91.9 Å². The molecule has 198 valence electrons. The second kappa shape index (κ2) is 8.54. The van der Waals surface area contributed by atoms with Gasteiger partial charge in [0.05, 0.1) is 18.0 Å². The molecule has 3 saturated carbocycles. The van der Waals surface area contributed by atoms with Crippen molar-refractivity contribution in [1.82, 2.24) is 10.0 Å². The largest absolute Gasteiger partial charge is 0.369 e. The van der Waals surface area contributed by atoms with Gasteiger partial charge >= 0.3 is 0 Å². The molecule has 2 saturated heterocycles. The van der Waals surface area contributed by atoms with E-state index < -0.39 is 10.0 Å². The SMILES string of the molecule is CC1=C2C[C@H]3[C@@H](CC[C@@H]4CC(NS(C)(=O)=O)CC[C@@]43C)[C@@H]2CC[C@@]2(C1)O[C@@H]1C[C@H](C)CN[C@H]1[C@H]2C. The van der Waals surface area contributed by atoms with Crippen molar-refractivity contribution >= 4 is 10.0 Å². The molecule has 1 spiro atoms. The predicted octanol–water partition coefficient (Wildman–Crippen LogP) is 5.03. The summed E-state index contributed by atoms with van der Waals surface area (Å²) in [5, 5.41) is 3.85. The van der Waals surface area contributed by atoms with E-state index in [2.05, 4.69) is 37.7 Å². The van der Waals surface area contributed by atoms with E-state index >= 15 is 0 Å². The van der Waals surface area contributed by atoms with Crippen LogP contribution in [-0.4, -0.2) is 45.0 Å². The van der Waals surface area contributed by atoms with E-state index in [1.54, 1.807) is 11.1 Å². The highest BCUT2D eigenvalue weighted by Crippen LogP contribution is 2.65. The monoisotopic (exact) mass is 504 g/mol. The number of hydrogen-bond acceptors (Lipinski definition) is 4. The van der Waals surface area contributed by atoms with Crippen LogP contribution < -0.4 is 10.0 Å². The molecule has 2 aliphatic heterocycles. The minimum Gasteiger partial charge on any atom is -0.369 e. The summed E-state index contributed by atoms with van der Waals surface area (Å²) < 4.78 is 33.7. The number of sulfonamides is 1. The van der Waals surface area contributed by atoms with Gasteiger partial charge in [0.1, 0.15) is 0 Å². The Bertz CT molecular complexity index is 994. The maximum atomic E-state index is 11.9. The number of rotatable bonds is 2. The van der Waals surface area contributed by atoms with E-state index in [4.69, 9.17) is 4.74 Å². The average Bonchev–Trinajstić information content (AvgIpc) is 3.23. The zero-order chi connectivity index (χ0) is 24.8. The molecule has 0 aromatic rings. The Hall–Kier alpha value is -0.430. The van der Waals surface area contributed by atoms with Crippen molar-refractivity contribution < 1.29 is 13.2 Å². The van der Waals surface area contributed by atoms with Crippen molar-refractivity contribution in [1.29, 1.82) is 0 Å². The lowest BCUT2D eigenvalue weighted by atomic mass is 9.52. The first-order chi connectivity index (χ1) is 16.5. The third-order valence-corrected chi connectivity index (χ3v) is 12.8. The highest BCUT2D eigenvalue weighted by molar-refractivity contribution is 7.88. The van der Waals surface area contributed by atoms with Crippen LogP contribution in [-0.2, 0) is 14.8 Å². The van der Waals surface area contributed by atoms with Crippen LogP contribution in [0.2, 0.25) is 0 Å². The molecular weight excluding hydrogens is 456 g/mol. The van der Waals surface area contributed by atoms with E-state index in [1.807, 2.05) is 0 Å². The van der Waals surface area contributed by atoms with Gasteiger partial charge in [-0.3, -0.25) is 0 Å². The summed E-state index contributed by atoms with van der Waals surface area (Å²) in [7, 11) is -3.13. The Balaban J connectivity index is 1.22. The van der Waals surface area contributed by atoms with Gasteiger partial charge in [-0.15, -0.1) is 0 Å². The summed E-state index contributed by atoms with van der Waals surface area (Å²) in [6.07, 6.45) is 13.6. The first kappa shape index (κ1) is 24.9. The van der Waals surface area contributed by atoms with Gasteiger partial charge in [0.15, 0.2) is 0 Å². The molecule has 0 bridgehead atoms. The van der Waals surface area contributed by atoms with Gasteiger partial charge in [-0.2, -0.15) is 0 Å². The summed E-state index contributed by atoms with van der Waals surface area (Å²) >= 11 is 0. The van der Waals surface area contributed by atoms with Gasteiger partial charge in [-0.25, -0.2) is 13.1 Å². The second-order valence-electron chi connectivity index (χ2n) is 14.0. The van der Waals surface area contributed by atoms with Crippen molar-refractivity contribution in [2.75, 3.05) is 12.8 Å². The molecule has 1 unspecified atom stereocenters. The minimum absolute atomic E-state index is 0.0276. The van der Waals surface area contributed by atoms with E-state index in [9.17, 15) is 8.42 Å². The topological polar surface area (TPSA) is 67.4 Å². The normalized spacial score (nSPS) is 52.0. The molecule has 11 atom stereocenters. The number of nitrogens with one attached hydrogen (secondary N) is 2. The molecule has 35 heavy (non-hydrogen) atoms. The predicted molar refractivity (Wildman–Crippen MR) is 140 cm³/mol. The summed E-state index contributed by atoms with van der Waals surface area (Å²) in [6, 6.07) is 0.660. The van der Waals surface area contributed by atoms with Crippen LogP contribution in [0.4, 0.5) is 0 Å². The number of allylic oxidation sites excluding steroid dienone is 1. The quantitative estimate of drug-likeness (QED) is 0.518. The van der Waals surface area contributed by atoms with Crippen LogP contribution >= 0.6 is 0 Å². The van der Waals surface area contributed by atoms with Crippen LogP contribution in [0.3, 0.4) is 0 Å². The summed E-state index contributed by atoms with van der Waals surface area (Å²) in [5.41, 5.74) is 3.83. The fourth-order valence-electron chi connectivity index (χ4n) is 10.2.